The van der Waals surface area contributed by atoms with E-state index in [1.54, 1.807) is 0 Å². The molecule has 0 N–H and O–H groups in total. The number of hydrogen-bond donors (Lipinski definition) is 0. The highest BCUT2D eigenvalue weighted by molar-refractivity contribution is 6.33. The number of carbonyl (C=O) groups is 3. The third-order valence-electron chi connectivity index (χ3n) is 2.95. The Balaban J connectivity index is 0.000000251. The molecule has 0 aliphatic rings. The second-order valence-electron chi connectivity index (χ2n) is 4.65. The summed E-state index contributed by atoms with van der Waals surface area (Å²) >= 11 is 0. The second kappa shape index (κ2) is 8.77. The van der Waals surface area contributed by atoms with Crippen LogP contribution in [-0.2, 0) is 4.79 Å². The Kier molecular flexibility index (Phi) is 6.77. The molecule has 2 aromatic carbocycles. The molecule has 0 aliphatic carbocycles. The van der Waals surface area contributed by atoms with Crippen LogP contribution in [0.15, 0.2) is 48.5 Å². The van der Waals surface area contributed by atoms with Crippen LogP contribution < -0.4 is 0 Å². The molecule has 128 valence electrons. The van der Waals surface area contributed by atoms with Gasteiger partial charge in [-0.1, -0.05) is 0 Å². The van der Waals surface area contributed by atoms with Crippen molar-refractivity contribution in [2.24, 2.45) is 0 Å². The van der Waals surface area contributed by atoms with E-state index in [4.69, 9.17) is 0 Å². The molecule has 0 bridgehead atoms. The third kappa shape index (κ3) is 5.75. The van der Waals surface area contributed by atoms with Crippen LogP contribution in [0.4, 0.5) is 11.4 Å². The van der Waals surface area contributed by atoms with Crippen molar-refractivity contribution in [2.75, 3.05) is 0 Å². The maximum atomic E-state index is 10.8. The van der Waals surface area contributed by atoms with Crippen LogP contribution in [-0.4, -0.2) is 27.7 Å². The lowest BCUT2D eigenvalue weighted by atomic mass is 10.1. The maximum absolute atomic E-state index is 10.8. The Morgan fingerprint density at radius 2 is 1.16 bits per heavy atom. The van der Waals surface area contributed by atoms with Crippen LogP contribution in [0.2, 0.25) is 0 Å². The Morgan fingerprint density at radius 1 is 0.800 bits per heavy atom. The van der Waals surface area contributed by atoms with Crippen molar-refractivity contribution in [1.29, 1.82) is 0 Å². The average Bonchev–Trinajstić information content (AvgIpc) is 2.61. The monoisotopic (exact) mass is 344 g/mol. The zero-order valence-electron chi connectivity index (χ0n) is 12.9. The normalized spacial score (nSPS) is 9.32. The van der Waals surface area contributed by atoms with Crippen molar-refractivity contribution in [3.8, 4) is 0 Å². The molecular formula is C16H12N2O7. The number of ketones is 2. The van der Waals surface area contributed by atoms with E-state index in [1.165, 1.54) is 55.5 Å². The zero-order valence-corrected chi connectivity index (χ0v) is 12.9. The lowest BCUT2D eigenvalue weighted by molar-refractivity contribution is -0.385. The van der Waals surface area contributed by atoms with Gasteiger partial charge in [-0.15, -0.1) is 0 Å². The lowest BCUT2D eigenvalue weighted by Crippen LogP contribution is -1.99. The molecule has 0 heterocycles. The lowest BCUT2D eigenvalue weighted by Gasteiger charge is -1.93. The van der Waals surface area contributed by atoms with Crippen LogP contribution in [0.3, 0.4) is 0 Å². The van der Waals surface area contributed by atoms with E-state index in [2.05, 4.69) is 0 Å². The summed E-state index contributed by atoms with van der Waals surface area (Å²) < 4.78 is 0. The summed E-state index contributed by atoms with van der Waals surface area (Å²) in [6, 6.07) is 10.4. The zero-order chi connectivity index (χ0) is 19.0. The van der Waals surface area contributed by atoms with Gasteiger partial charge in [0.1, 0.15) is 0 Å². The number of aldehydes is 1. The molecule has 0 spiro atoms. The van der Waals surface area contributed by atoms with E-state index in [1.807, 2.05) is 0 Å². The molecular weight excluding hydrogens is 332 g/mol. The fourth-order valence-corrected chi connectivity index (χ4v) is 1.63. The summed E-state index contributed by atoms with van der Waals surface area (Å²) in [7, 11) is 0. The summed E-state index contributed by atoms with van der Waals surface area (Å²) in [5.74, 6) is -0.778. The SMILES string of the molecule is CC(=O)c1ccc([N+](=O)[O-])cc1.O=CC(=O)c1ccc([N+](=O)[O-])cc1. The molecule has 2 rings (SSSR count). The summed E-state index contributed by atoms with van der Waals surface area (Å²) in [4.78, 5) is 50.9. The minimum atomic E-state index is -0.685. The van der Waals surface area contributed by atoms with Crippen molar-refractivity contribution in [2.45, 2.75) is 6.92 Å². The second-order valence-corrected chi connectivity index (χ2v) is 4.65. The van der Waals surface area contributed by atoms with Gasteiger partial charge in [0.25, 0.3) is 11.4 Å². The number of nitro benzene ring substituents is 2. The quantitative estimate of drug-likeness (QED) is 0.267. The third-order valence-corrected chi connectivity index (χ3v) is 2.95. The van der Waals surface area contributed by atoms with Gasteiger partial charge < -0.3 is 0 Å². The van der Waals surface area contributed by atoms with Gasteiger partial charge in [0.2, 0.25) is 5.78 Å². The van der Waals surface area contributed by atoms with Gasteiger partial charge >= 0.3 is 0 Å². The predicted octanol–water partition coefficient (Wildman–Crippen LogP) is 2.77. The van der Waals surface area contributed by atoms with Gasteiger partial charge in [-0.05, 0) is 31.2 Å². The summed E-state index contributed by atoms with van der Waals surface area (Å²) in [6.07, 6.45) is 0.168. The van der Waals surface area contributed by atoms with E-state index in [9.17, 15) is 34.6 Å². The van der Waals surface area contributed by atoms with E-state index in [-0.39, 0.29) is 29.0 Å². The van der Waals surface area contributed by atoms with Crippen LogP contribution in [0.1, 0.15) is 27.6 Å². The summed E-state index contributed by atoms with van der Waals surface area (Å²) in [6.45, 7) is 1.42. The predicted molar refractivity (Wildman–Crippen MR) is 86.6 cm³/mol. The molecule has 9 heteroatoms. The minimum Gasteiger partial charge on any atom is -0.295 e. The molecule has 0 saturated carbocycles. The first kappa shape index (κ1) is 19.3. The summed E-state index contributed by atoms with van der Waals surface area (Å²) in [5, 5.41) is 20.4. The van der Waals surface area contributed by atoms with Crippen molar-refractivity contribution < 1.29 is 24.2 Å². The number of Topliss-reactive ketones (excluding diaryl/α,β-unsaturated/α-hetero) is 2. The van der Waals surface area contributed by atoms with Crippen molar-refractivity contribution in [3.63, 3.8) is 0 Å². The average molecular weight is 344 g/mol. The maximum Gasteiger partial charge on any atom is 0.269 e. The van der Waals surface area contributed by atoms with Gasteiger partial charge in [-0.3, -0.25) is 34.6 Å². The molecule has 0 amide bonds. The van der Waals surface area contributed by atoms with Gasteiger partial charge in [-0.2, -0.15) is 0 Å². The molecule has 0 radical (unpaired) electrons. The Labute approximate surface area is 141 Å². The first-order valence-electron chi connectivity index (χ1n) is 6.75. The van der Waals surface area contributed by atoms with Crippen molar-refractivity contribution >= 4 is 29.2 Å². The highest BCUT2D eigenvalue weighted by Gasteiger charge is 2.07. The van der Waals surface area contributed by atoms with E-state index in [0.717, 1.165) is 0 Å². The molecule has 0 aliphatic heterocycles. The fourth-order valence-electron chi connectivity index (χ4n) is 1.63. The molecule has 0 saturated heterocycles. The largest absolute Gasteiger partial charge is 0.295 e. The number of nitro groups is 2. The first-order chi connectivity index (χ1) is 11.8. The Bertz CT molecular complexity index is 778. The van der Waals surface area contributed by atoms with Gasteiger partial charge in [0, 0.05) is 35.4 Å². The standard InChI is InChI=1S/C8H5NO4.C8H7NO3/c10-5-8(11)6-1-3-7(4-2-6)9(12)13;1-6(10)7-2-4-8(5-3-7)9(11)12/h1-5H;2-5H,1H3. The summed E-state index contributed by atoms with van der Waals surface area (Å²) in [5.41, 5.74) is 0.531. The Morgan fingerprint density at radius 3 is 1.44 bits per heavy atom. The van der Waals surface area contributed by atoms with Crippen LogP contribution in [0, 0.1) is 20.2 Å². The number of nitrogens with zero attached hydrogens (tertiary/aromatic N) is 2. The molecule has 0 fully saturated rings. The first-order valence-corrected chi connectivity index (χ1v) is 6.75. The highest BCUT2D eigenvalue weighted by atomic mass is 16.6. The highest BCUT2D eigenvalue weighted by Crippen LogP contribution is 2.12. The molecule has 0 unspecified atom stereocenters. The van der Waals surface area contributed by atoms with Gasteiger partial charge in [0.15, 0.2) is 12.1 Å². The van der Waals surface area contributed by atoms with Gasteiger partial charge in [-0.25, -0.2) is 0 Å². The van der Waals surface area contributed by atoms with Gasteiger partial charge in [0.05, 0.1) is 9.85 Å². The topological polar surface area (TPSA) is 137 Å². The van der Waals surface area contributed by atoms with E-state index in [0.29, 0.717) is 5.56 Å². The number of hydrogen-bond acceptors (Lipinski definition) is 7. The molecule has 9 nitrogen and oxygen atoms in total. The van der Waals surface area contributed by atoms with Crippen LogP contribution in [0.25, 0.3) is 0 Å². The fraction of sp³-hybridized carbons (Fsp3) is 0.0625. The van der Waals surface area contributed by atoms with Crippen LogP contribution in [0.5, 0.6) is 0 Å². The number of non-ortho nitro benzene ring substituents is 2. The number of rotatable bonds is 5. The molecule has 25 heavy (non-hydrogen) atoms. The molecule has 0 aromatic heterocycles. The van der Waals surface area contributed by atoms with E-state index < -0.39 is 15.6 Å². The number of benzene rings is 2. The number of carbonyl (C=O) groups excluding carboxylic acids is 3. The minimum absolute atomic E-state index is 0.000000000000000222. The molecule has 0 atom stereocenters. The smallest absolute Gasteiger partial charge is 0.269 e. The van der Waals surface area contributed by atoms with Crippen molar-refractivity contribution in [3.05, 3.63) is 79.9 Å². The van der Waals surface area contributed by atoms with Crippen LogP contribution >= 0.6 is 0 Å². The van der Waals surface area contributed by atoms with E-state index >= 15 is 0 Å². The Hall–Kier alpha value is -3.75. The van der Waals surface area contributed by atoms with Crippen molar-refractivity contribution in [1.82, 2.24) is 0 Å². The molecule has 2 aromatic rings.